The van der Waals surface area contributed by atoms with Crippen molar-refractivity contribution >= 4 is 40.6 Å². The van der Waals surface area contributed by atoms with Gasteiger partial charge in [0.25, 0.3) is 0 Å². The summed E-state index contributed by atoms with van der Waals surface area (Å²) in [6.45, 7) is 1.53. The van der Waals surface area contributed by atoms with Crippen LogP contribution in [0.15, 0.2) is 60.9 Å². The molecule has 1 N–H and O–H groups in total. The normalized spacial score (nSPS) is 14.6. The Morgan fingerprint density at radius 1 is 0.966 bits per heavy atom. The summed E-state index contributed by atoms with van der Waals surface area (Å²) in [5.74, 6) is 0.828. The van der Waals surface area contributed by atoms with Gasteiger partial charge in [0.15, 0.2) is 0 Å². The van der Waals surface area contributed by atoms with Gasteiger partial charge in [-0.1, -0.05) is 53.5 Å². The highest BCUT2D eigenvalue weighted by Gasteiger charge is 2.26. The van der Waals surface area contributed by atoms with Crippen LogP contribution in [-0.2, 0) is 4.79 Å². The third kappa shape index (κ3) is 4.86. The maximum atomic E-state index is 12.6. The SMILES string of the molecule is O=C(Nc1cc(Cl)cc(Cl)c1)C1CCN(c2cc(-c3ccccc3)ncn2)CC1. The Morgan fingerprint density at radius 2 is 1.66 bits per heavy atom. The Labute approximate surface area is 179 Å². The average Bonchev–Trinajstić information content (AvgIpc) is 2.74. The summed E-state index contributed by atoms with van der Waals surface area (Å²) in [5, 5.41) is 3.93. The summed E-state index contributed by atoms with van der Waals surface area (Å²) in [7, 11) is 0. The quantitative estimate of drug-likeness (QED) is 0.614. The molecule has 5 nitrogen and oxygen atoms in total. The van der Waals surface area contributed by atoms with E-state index in [2.05, 4.69) is 20.2 Å². The number of aromatic nitrogens is 2. The Balaban J connectivity index is 1.39. The number of nitrogens with zero attached hydrogens (tertiary/aromatic N) is 3. The Morgan fingerprint density at radius 3 is 2.34 bits per heavy atom. The summed E-state index contributed by atoms with van der Waals surface area (Å²) in [5.41, 5.74) is 2.58. The monoisotopic (exact) mass is 426 g/mol. The van der Waals surface area contributed by atoms with Crippen molar-refractivity contribution in [2.75, 3.05) is 23.3 Å². The van der Waals surface area contributed by atoms with E-state index in [-0.39, 0.29) is 11.8 Å². The minimum absolute atomic E-state index is 0.00403. The second kappa shape index (κ2) is 8.80. The van der Waals surface area contributed by atoms with Crippen molar-refractivity contribution in [2.24, 2.45) is 5.92 Å². The van der Waals surface area contributed by atoms with Gasteiger partial charge >= 0.3 is 0 Å². The van der Waals surface area contributed by atoms with Crippen LogP contribution < -0.4 is 10.2 Å². The zero-order valence-corrected chi connectivity index (χ0v) is 17.2. The van der Waals surface area contributed by atoms with Crippen molar-refractivity contribution in [3.63, 3.8) is 0 Å². The molecule has 1 saturated heterocycles. The zero-order chi connectivity index (χ0) is 20.2. The molecule has 0 saturated carbocycles. The van der Waals surface area contributed by atoms with E-state index < -0.39 is 0 Å². The van der Waals surface area contributed by atoms with E-state index in [1.54, 1.807) is 24.5 Å². The molecule has 3 aromatic rings. The summed E-state index contributed by atoms with van der Waals surface area (Å²) in [4.78, 5) is 23.6. The molecule has 0 bridgehead atoms. The first-order chi connectivity index (χ1) is 14.1. The first-order valence-electron chi connectivity index (χ1n) is 9.48. The molecule has 1 aliphatic heterocycles. The van der Waals surface area contributed by atoms with E-state index in [1.807, 2.05) is 36.4 Å². The minimum atomic E-state index is -0.0561. The molecule has 7 heteroatoms. The number of benzene rings is 2. The van der Waals surface area contributed by atoms with Gasteiger partial charge in [-0.2, -0.15) is 0 Å². The number of amides is 1. The lowest BCUT2D eigenvalue weighted by Crippen LogP contribution is -2.38. The van der Waals surface area contributed by atoms with Crippen molar-refractivity contribution in [1.29, 1.82) is 0 Å². The van der Waals surface area contributed by atoms with Crippen molar-refractivity contribution in [3.8, 4) is 11.3 Å². The molecular formula is C22H20Cl2N4O. The fourth-order valence-electron chi connectivity index (χ4n) is 3.53. The van der Waals surface area contributed by atoms with Crippen LogP contribution in [0, 0.1) is 5.92 Å². The third-order valence-electron chi connectivity index (χ3n) is 5.04. The maximum absolute atomic E-state index is 12.6. The smallest absolute Gasteiger partial charge is 0.227 e. The topological polar surface area (TPSA) is 58.1 Å². The summed E-state index contributed by atoms with van der Waals surface area (Å²) >= 11 is 12.0. The second-order valence-electron chi connectivity index (χ2n) is 7.04. The number of anilines is 2. The maximum Gasteiger partial charge on any atom is 0.227 e. The van der Waals surface area contributed by atoms with Crippen LogP contribution in [0.5, 0.6) is 0 Å². The van der Waals surface area contributed by atoms with Gasteiger partial charge in [-0.05, 0) is 31.0 Å². The van der Waals surface area contributed by atoms with E-state index >= 15 is 0 Å². The van der Waals surface area contributed by atoms with Crippen molar-refractivity contribution in [2.45, 2.75) is 12.8 Å². The summed E-state index contributed by atoms with van der Waals surface area (Å²) < 4.78 is 0. The molecule has 2 heterocycles. The molecule has 0 radical (unpaired) electrons. The van der Waals surface area contributed by atoms with E-state index in [1.165, 1.54) is 0 Å². The molecule has 29 heavy (non-hydrogen) atoms. The lowest BCUT2D eigenvalue weighted by molar-refractivity contribution is -0.120. The fraction of sp³-hybridized carbons (Fsp3) is 0.227. The number of carbonyl (C=O) groups excluding carboxylic acids is 1. The van der Waals surface area contributed by atoms with Gasteiger partial charge in [-0.15, -0.1) is 0 Å². The summed E-state index contributed by atoms with van der Waals surface area (Å²) in [6, 6.07) is 17.1. The van der Waals surface area contributed by atoms with Gasteiger partial charge in [0.1, 0.15) is 12.1 Å². The Bertz CT molecular complexity index is 984. The number of carbonyl (C=O) groups is 1. The van der Waals surface area contributed by atoms with Gasteiger partial charge in [-0.3, -0.25) is 4.79 Å². The third-order valence-corrected chi connectivity index (χ3v) is 5.48. The van der Waals surface area contributed by atoms with Crippen LogP contribution in [-0.4, -0.2) is 29.0 Å². The highest BCUT2D eigenvalue weighted by atomic mass is 35.5. The number of nitrogens with one attached hydrogen (secondary N) is 1. The number of halogens is 2. The lowest BCUT2D eigenvalue weighted by atomic mass is 9.95. The van der Waals surface area contributed by atoms with Crippen LogP contribution in [0.1, 0.15) is 12.8 Å². The van der Waals surface area contributed by atoms with Crippen LogP contribution in [0.2, 0.25) is 10.0 Å². The predicted octanol–water partition coefficient (Wildman–Crippen LogP) is 5.31. The summed E-state index contributed by atoms with van der Waals surface area (Å²) in [6.07, 6.45) is 3.11. The van der Waals surface area contributed by atoms with Gasteiger partial charge in [0, 0.05) is 46.4 Å². The van der Waals surface area contributed by atoms with Gasteiger partial charge in [0.05, 0.1) is 5.69 Å². The highest BCUT2D eigenvalue weighted by molar-refractivity contribution is 6.35. The largest absolute Gasteiger partial charge is 0.356 e. The van der Waals surface area contributed by atoms with Crippen molar-refractivity contribution in [3.05, 3.63) is 71.0 Å². The van der Waals surface area contributed by atoms with Crippen LogP contribution >= 0.6 is 23.2 Å². The fourth-order valence-corrected chi connectivity index (χ4v) is 4.05. The molecule has 1 amide bonds. The molecule has 1 fully saturated rings. The van der Waals surface area contributed by atoms with Gasteiger partial charge < -0.3 is 10.2 Å². The van der Waals surface area contributed by atoms with Crippen molar-refractivity contribution < 1.29 is 4.79 Å². The molecule has 0 aliphatic carbocycles. The van der Waals surface area contributed by atoms with Crippen LogP contribution in [0.25, 0.3) is 11.3 Å². The van der Waals surface area contributed by atoms with E-state index in [9.17, 15) is 4.79 Å². The molecule has 0 unspecified atom stereocenters. The van der Waals surface area contributed by atoms with Gasteiger partial charge in [0.2, 0.25) is 5.91 Å². The van der Waals surface area contributed by atoms with E-state index in [0.717, 1.165) is 43.0 Å². The second-order valence-corrected chi connectivity index (χ2v) is 7.91. The Hall–Kier alpha value is -2.63. The van der Waals surface area contributed by atoms with Gasteiger partial charge in [-0.25, -0.2) is 9.97 Å². The molecule has 0 atom stereocenters. The molecule has 2 aromatic carbocycles. The van der Waals surface area contributed by atoms with E-state index in [0.29, 0.717) is 15.7 Å². The number of hydrogen-bond acceptors (Lipinski definition) is 4. The number of hydrogen-bond donors (Lipinski definition) is 1. The zero-order valence-electron chi connectivity index (χ0n) is 15.7. The molecular weight excluding hydrogens is 407 g/mol. The minimum Gasteiger partial charge on any atom is -0.356 e. The molecule has 148 valence electrons. The standard InChI is InChI=1S/C22H20Cl2N4O/c23-17-10-18(24)12-19(11-17)27-22(29)16-6-8-28(9-7-16)21-13-20(25-14-26-21)15-4-2-1-3-5-15/h1-5,10-14,16H,6-9H2,(H,27,29). The van der Waals surface area contributed by atoms with Crippen LogP contribution in [0.3, 0.4) is 0 Å². The highest BCUT2D eigenvalue weighted by Crippen LogP contribution is 2.27. The van der Waals surface area contributed by atoms with Crippen LogP contribution in [0.4, 0.5) is 11.5 Å². The molecule has 4 rings (SSSR count). The number of piperidine rings is 1. The number of rotatable bonds is 4. The molecule has 1 aliphatic rings. The predicted molar refractivity (Wildman–Crippen MR) is 117 cm³/mol. The Kier molecular flexibility index (Phi) is 5.97. The molecule has 1 aromatic heterocycles. The first-order valence-corrected chi connectivity index (χ1v) is 10.2. The first kappa shape index (κ1) is 19.7. The average molecular weight is 427 g/mol. The van der Waals surface area contributed by atoms with E-state index in [4.69, 9.17) is 23.2 Å². The van der Waals surface area contributed by atoms with Crippen molar-refractivity contribution in [1.82, 2.24) is 9.97 Å². The molecule has 0 spiro atoms. The lowest BCUT2D eigenvalue weighted by Gasteiger charge is -2.32.